The molecule has 2 N–H and O–H groups in total. The Bertz CT molecular complexity index is 233. The first kappa shape index (κ1) is 14.5. The zero-order chi connectivity index (χ0) is 12.7. The van der Waals surface area contributed by atoms with Crippen LogP contribution in [-0.2, 0) is 4.79 Å². The number of unbranched alkanes of at least 4 members (excludes halogenated alkanes) is 1. The predicted octanol–water partition coefficient (Wildman–Crippen LogP) is 0.833. The van der Waals surface area contributed by atoms with Crippen molar-refractivity contribution < 1.29 is 4.79 Å². The van der Waals surface area contributed by atoms with Gasteiger partial charge in [-0.15, -0.1) is 0 Å². The van der Waals surface area contributed by atoms with Gasteiger partial charge in [-0.25, -0.2) is 0 Å². The Balaban J connectivity index is 2.27. The lowest BCUT2D eigenvalue weighted by Crippen LogP contribution is -2.44. The minimum Gasteiger partial charge on any atom is -0.355 e. The first-order valence-electron chi connectivity index (χ1n) is 6.85. The molecule has 100 valence electrons. The molecule has 0 aromatic carbocycles. The SMILES string of the molecule is CCCCNC(=O)C(C)N1CCC(CNC)C1. The van der Waals surface area contributed by atoms with Gasteiger partial charge in [0.05, 0.1) is 6.04 Å². The molecule has 0 saturated carbocycles. The van der Waals surface area contributed by atoms with Crippen LogP contribution in [0.3, 0.4) is 0 Å². The average molecular weight is 241 g/mol. The third kappa shape index (κ3) is 4.64. The Morgan fingerprint density at radius 3 is 2.94 bits per heavy atom. The summed E-state index contributed by atoms with van der Waals surface area (Å²) in [5.41, 5.74) is 0. The Hall–Kier alpha value is -0.610. The predicted molar refractivity (Wildman–Crippen MR) is 71.0 cm³/mol. The van der Waals surface area contributed by atoms with Gasteiger partial charge in [0.25, 0.3) is 0 Å². The summed E-state index contributed by atoms with van der Waals surface area (Å²) in [5.74, 6) is 0.884. The quantitative estimate of drug-likeness (QED) is 0.649. The fourth-order valence-electron chi connectivity index (χ4n) is 2.37. The minimum atomic E-state index is 0.0220. The van der Waals surface area contributed by atoms with Gasteiger partial charge in [-0.05, 0) is 45.8 Å². The van der Waals surface area contributed by atoms with Gasteiger partial charge >= 0.3 is 0 Å². The second-order valence-corrected chi connectivity index (χ2v) is 5.03. The standard InChI is InChI=1S/C13H27N3O/c1-4-5-7-15-13(17)11(2)16-8-6-12(10-16)9-14-3/h11-12,14H,4-10H2,1-3H3,(H,15,17). The van der Waals surface area contributed by atoms with Gasteiger partial charge in [-0.3, -0.25) is 9.69 Å². The molecule has 1 amide bonds. The molecule has 17 heavy (non-hydrogen) atoms. The maximum absolute atomic E-state index is 11.9. The van der Waals surface area contributed by atoms with E-state index < -0.39 is 0 Å². The second-order valence-electron chi connectivity index (χ2n) is 5.03. The van der Waals surface area contributed by atoms with Gasteiger partial charge in [-0.2, -0.15) is 0 Å². The van der Waals surface area contributed by atoms with Crippen LogP contribution in [0.4, 0.5) is 0 Å². The largest absolute Gasteiger partial charge is 0.355 e. The van der Waals surface area contributed by atoms with Gasteiger partial charge in [-0.1, -0.05) is 13.3 Å². The maximum atomic E-state index is 11.9. The first-order chi connectivity index (χ1) is 8.19. The van der Waals surface area contributed by atoms with Crippen molar-refractivity contribution in [2.24, 2.45) is 5.92 Å². The molecule has 4 heteroatoms. The number of rotatable bonds is 7. The van der Waals surface area contributed by atoms with Crippen molar-refractivity contribution in [3.05, 3.63) is 0 Å². The number of carbonyl (C=O) groups excluding carboxylic acids is 1. The van der Waals surface area contributed by atoms with Crippen LogP contribution in [0.15, 0.2) is 0 Å². The van der Waals surface area contributed by atoms with E-state index in [0.717, 1.165) is 39.0 Å². The zero-order valence-electron chi connectivity index (χ0n) is 11.5. The summed E-state index contributed by atoms with van der Waals surface area (Å²) >= 11 is 0. The number of nitrogens with one attached hydrogen (secondary N) is 2. The normalized spacial score (nSPS) is 22.6. The molecule has 1 rings (SSSR count). The van der Waals surface area contributed by atoms with E-state index in [2.05, 4.69) is 22.5 Å². The second kappa shape index (κ2) is 7.67. The Labute approximate surface area is 105 Å². The van der Waals surface area contributed by atoms with E-state index in [0.29, 0.717) is 5.92 Å². The summed E-state index contributed by atoms with van der Waals surface area (Å²) in [6.45, 7) is 8.12. The van der Waals surface area contributed by atoms with Crippen LogP contribution in [-0.4, -0.2) is 50.1 Å². The number of hydrogen-bond acceptors (Lipinski definition) is 3. The highest BCUT2D eigenvalue weighted by molar-refractivity contribution is 5.81. The molecule has 2 atom stereocenters. The summed E-state index contributed by atoms with van der Waals surface area (Å²) < 4.78 is 0. The molecule has 0 aromatic heterocycles. The van der Waals surface area contributed by atoms with Crippen LogP contribution in [0.25, 0.3) is 0 Å². The molecule has 1 heterocycles. The Kier molecular flexibility index (Phi) is 6.52. The fraction of sp³-hybridized carbons (Fsp3) is 0.923. The van der Waals surface area contributed by atoms with Gasteiger partial charge in [0.2, 0.25) is 5.91 Å². The smallest absolute Gasteiger partial charge is 0.237 e. The molecule has 2 unspecified atom stereocenters. The van der Waals surface area contributed by atoms with Crippen LogP contribution in [0.1, 0.15) is 33.1 Å². The van der Waals surface area contributed by atoms with Crippen molar-refractivity contribution in [3.8, 4) is 0 Å². The highest BCUT2D eigenvalue weighted by Crippen LogP contribution is 2.17. The van der Waals surface area contributed by atoms with E-state index in [-0.39, 0.29) is 11.9 Å². The number of amides is 1. The molecular weight excluding hydrogens is 214 g/mol. The third-order valence-electron chi connectivity index (χ3n) is 3.57. The molecule has 0 bridgehead atoms. The van der Waals surface area contributed by atoms with Crippen LogP contribution < -0.4 is 10.6 Å². The lowest BCUT2D eigenvalue weighted by molar-refractivity contribution is -0.125. The van der Waals surface area contributed by atoms with Crippen molar-refractivity contribution in [2.45, 2.75) is 39.2 Å². The highest BCUT2D eigenvalue weighted by atomic mass is 16.2. The average Bonchev–Trinajstić information content (AvgIpc) is 2.77. The molecular formula is C13H27N3O. The summed E-state index contributed by atoms with van der Waals surface area (Å²) in [4.78, 5) is 14.2. The summed E-state index contributed by atoms with van der Waals surface area (Å²) in [7, 11) is 1.99. The summed E-state index contributed by atoms with van der Waals surface area (Å²) in [6.07, 6.45) is 3.40. The van der Waals surface area contributed by atoms with Crippen LogP contribution in [0.5, 0.6) is 0 Å². The highest BCUT2D eigenvalue weighted by Gasteiger charge is 2.28. The first-order valence-corrected chi connectivity index (χ1v) is 6.85. The monoisotopic (exact) mass is 241 g/mol. The van der Waals surface area contributed by atoms with Gasteiger partial charge < -0.3 is 10.6 Å². The van der Waals surface area contributed by atoms with E-state index in [9.17, 15) is 4.79 Å². The van der Waals surface area contributed by atoms with E-state index in [1.54, 1.807) is 0 Å². The van der Waals surface area contributed by atoms with E-state index in [1.165, 1.54) is 6.42 Å². The van der Waals surface area contributed by atoms with Gasteiger partial charge in [0.1, 0.15) is 0 Å². The van der Waals surface area contributed by atoms with Crippen LogP contribution >= 0.6 is 0 Å². The zero-order valence-corrected chi connectivity index (χ0v) is 11.5. The van der Waals surface area contributed by atoms with Crippen LogP contribution in [0, 0.1) is 5.92 Å². The number of nitrogens with zero attached hydrogens (tertiary/aromatic N) is 1. The maximum Gasteiger partial charge on any atom is 0.237 e. The molecule has 0 radical (unpaired) electrons. The minimum absolute atomic E-state index is 0.0220. The summed E-state index contributed by atoms with van der Waals surface area (Å²) in [5, 5.41) is 6.22. The molecule has 0 spiro atoms. The molecule has 1 saturated heterocycles. The number of hydrogen-bond donors (Lipinski definition) is 2. The van der Waals surface area contributed by atoms with Crippen molar-refractivity contribution in [1.82, 2.24) is 15.5 Å². The molecule has 1 aliphatic heterocycles. The van der Waals surface area contributed by atoms with Crippen molar-refractivity contribution in [3.63, 3.8) is 0 Å². The topological polar surface area (TPSA) is 44.4 Å². The number of carbonyl (C=O) groups is 1. The molecule has 4 nitrogen and oxygen atoms in total. The molecule has 1 fully saturated rings. The number of likely N-dealkylation sites (tertiary alicyclic amines) is 1. The lowest BCUT2D eigenvalue weighted by atomic mass is 10.1. The lowest BCUT2D eigenvalue weighted by Gasteiger charge is -2.23. The Morgan fingerprint density at radius 2 is 2.29 bits per heavy atom. The third-order valence-corrected chi connectivity index (χ3v) is 3.57. The van der Waals surface area contributed by atoms with Crippen molar-refractivity contribution in [1.29, 1.82) is 0 Å². The van der Waals surface area contributed by atoms with Gasteiger partial charge in [0.15, 0.2) is 0 Å². The van der Waals surface area contributed by atoms with E-state index in [1.807, 2.05) is 14.0 Å². The molecule has 0 aliphatic carbocycles. The van der Waals surface area contributed by atoms with Crippen LogP contribution in [0.2, 0.25) is 0 Å². The molecule has 1 aliphatic rings. The Morgan fingerprint density at radius 1 is 1.53 bits per heavy atom. The summed E-state index contributed by atoms with van der Waals surface area (Å²) in [6, 6.07) is 0.0220. The fourth-order valence-corrected chi connectivity index (χ4v) is 2.37. The van der Waals surface area contributed by atoms with Gasteiger partial charge in [0, 0.05) is 13.1 Å². The molecule has 0 aromatic rings. The van der Waals surface area contributed by atoms with Crippen molar-refractivity contribution >= 4 is 5.91 Å². The van der Waals surface area contributed by atoms with Crippen molar-refractivity contribution in [2.75, 3.05) is 33.2 Å². The van der Waals surface area contributed by atoms with E-state index in [4.69, 9.17) is 0 Å². The van der Waals surface area contributed by atoms with E-state index >= 15 is 0 Å².